The number of nitrogens with zero attached hydrogens (tertiary/aromatic N) is 2. The Morgan fingerprint density at radius 1 is 0.774 bits per heavy atom. The number of imide groups is 1. The van der Waals surface area contributed by atoms with Crippen molar-refractivity contribution in [1.82, 2.24) is 4.98 Å². The maximum Gasteiger partial charge on any atom is 0.268 e. The number of carbonyl (C=O) groups excluding carboxylic acids is 2. The predicted molar refractivity (Wildman–Crippen MR) is 121 cm³/mol. The van der Waals surface area contributed by atoms with Crippen LogP contribution in [0.2, 0.25) is 0 Å². The van der Waals surface area contributed by atoms with Crippen molar-refractivity contribution in [2.45, 2.75) is 13.8 Å². The number of anilines is 1. The summed E-state index contributed by atoms with van der Waals surface area (Å²) in [5, 5.41) is 0.682. The van der Waals surface area contributed by atoms with E-state index in [4.69, 9.17) is 9.72 Å². The molecule has 5 nitrogen and oxygen atoms in total. The van der Waals surface area contributed by atoms with Crippen molar-refractivity contribution >= 4 is 28.4 Å². The summed E-state index contributed by atoms with van der Waals surface area (Å²) in [5.74, 6) is 0.0491. The van der Waals surface area contributed by atoms with Crippen molar-refractivity contribution in [3.05, 3.63) is 89.0 Å². The van der Waals surface area contributed by atoms with E-state index in [0.29, 0.717) is 39.2 Å². The van der Waals surface area contributed by atoms with Gasteiger partial charge in [0, 0.05) is 10.9 Å². The third-order valence-corrected chi connectivity index (χ3v) is 5.75. The summed E-state index contributed by atoms with van der Waals surface area (Å²) in [5.41, 5.74) is 5.07. The molecule has 1 aromatic heterocycles. The van der Waals surface area contributed by atoms with Crippen LogP contribution in [0.15, 0.2) is 66.7 Å². The van der Waals surface area contributed by atoms with Gasteiger partial charge in [-0.1, -0.05) is 36.4 Å². The van der Waals surface area contributed by atoms with Crippen molar-refractivity contribution in [2.24, 2.45) is 0 Å². The lowest BCUT2D eigenvalue weighted by Crippen LogP contribution is -2.30. The molecule has 31 heavy (non-hydrogen) atoms. The molecule has 0 bridgehead atoms. The summed E-state index contributed by atoms with van der Waals surface area (Å²) in [6.45, 7) is 3.82. The second-order valence-electron chi connectivity index (χ2n) is 7.64. The summed E-state index contributed by atoms with van der Waals surface area (Å²) in [6, 6.07) is 20.5. The molecular weight excluding hydrogens is 388 g/mol. The number of rotatable bonds is 3. The first-order chi connectivity index (χ1) is 15.0. The quantitative estimate of drug-likeness (QED) is 0.430. The number of benzene rings is 3. The van der Waals surface area contributed by atoms with Crippen LogP contribution in [0.1, 0.15) is 31.8 Å². The van der Waals surface area contributed by atoms with Gasteiger partial charge in [-0.25, -0.2) is 9.88 Å². The molecule has 5 rings (SSSR count). The lowest BCUT2D eigenvalue weighted by atomic mass is 9.98. The zero-order chi connectivity index (χ0) is 21.7. The van der Waals surface area contributed by atoms with Crippen molar-refractivity contribution < 1.29 is 14.3 Å². The molecule has 1 aliphatic heterocycles. The van der Waals surface area contributed by atoms with Gasteiger partial charge in [0.05, 0.1) is 35.1 Å². The molecule has 2 heterocycles. The zero-order valence-corrected chi connectivity index (χ0v) is 17.5. The second kappa shape index (κ2) is 7.06. The maximum atomic E-state index is 13.7. The lowest BCUT2D eigenvalue weighted by molar-refractivity contribution is 0.0926. The summed E-state index contributed by atoms with van der Waals surface area (Å²) >= 11 is 0. The van der Waals surface area contributed by atoms with Crippen molar-refractivity contribution in [1.29, 1.82) is 0 Å². The molecule has 152 valence electrons. The molecule has 1 aliphatic rings. The van der Waals surface area contributed by atoms with Gasteiger partial charge >= 0.3 is 0 Å². The number of hydrogen-bond acceptors (Lipinski definition) is 4. The van der Waals surface area contributed by atoms with E-state index in [1.54, 1.807) is 7.11 Å². The largest absolute Gasteiger partial charge is 0.497 e. The minimum Gasteiger partial charge on any atom is -0.497 e. The third-order valence-electron chi connectivity index (χ3n) is 5.75. The van der Waals surface area contributed by atoms with E-state index >= 15 is 0 Å². The highest BCUT2D eigenvalue weighted by Gasteiger charge is 2.42. The second-order valence-corrected chi connectivity index (χ2v) is 7.64. The van der Waals surface area contributed by atoms with Gasteiger partial charge in [0.15, 0.2) is 0 Å². The highest BCUT2D eigenvalue weighted by molar-refractivity contribution is 6.39. The number of ether oxygens (including phenoxy) is 1. The maximum absolute atomic E-state index is 13.7. The molecule has 0 N–H and O–H groups in total. The Hall–Kier alpha value is -3.99. The Bertz CT molecular complexity index is 1350. The molecule has 0 unspecified atom stereocenters. The fourth-order valence-electron chi connectivity index (χ4n) is 4.28. The fraction of sp³-hybridized carbons (Fsp3) is 0.115. The number of aromatic nitrogens is 1. The number of aryl methyl sites for hydroxylation is 2. The standard InChI is InChI=1S/C26H20N2O3/c1-15-7-6-8-16(2)24(15)28-25(29)21-19-9-4-5-10-20(19)27-23(22(21)26(28)30)17-11-13-18(31-3)14-12-17/h4-14H,1-3H3. The highest BCUT2D eigenvalue weighted by atomic mass is 16.5. The molecule has 0 saturated carbocycles. The molecule has 0 spiro atoms. The van der Waals surface area contributed by atoms with E-state index in [-0.39, 0.29) is 11.8 Å². The molecule has 0 saturated heterocycles. The van der Waals surface area contributed by atoms with Crippen LogP contribution in [0.4, 0.5) is 5.69 Å². The van der Waals surface area contributed by atoms with E-state index in [2.05, 4.69) is 0 Å². The Labute approximate surface area is 179 Å². The summed E-state index contributed by atoms with van der Waals surface area (Å²) < 4.78 is 5.26. The van der Waals surface area contributed by atoms with Crippen LogP contribution in [-0.2, 0) is 0 Å². The molecule has 4 aromatic rings. The third kappa shape index (κ3) is 2.81. The van der Waals surface area contributed by atoms with Gasteiger partial charge in [0.2, 0.25) is 0 Å². The zero-order valence-electron chi connectivity index (χ0n) is 17.5. The molecule has 5 heteroatoms. The smallest absolute Gasteiger partial charge is 0.268 e. The summed E-state index contributed by atoms with van der Waals surface area (Å²) in [4.78, 5) is 33.5. The van der Waals surface area contributed by atoms with E-state index in [0.717, 1.165) is 16.7 Å². The predicted octanol–water partition coefficient (Wildman–Crippen LogP) is 5.33. The Balaban J connectivity index is 1.81. The van der Waals surface area contributed by atoms with Gasteiger partial charge in [-0.2, -0.15) is 0 Å². The molecule has 2 amide bonds. The van der Waals surface area contributed by atoms with Crippen LogP contribution < -0.4 is 9.64 Å². The fourth-order valence-corrected chi connectivity index (χ4v) is 4.28. The van der Waals surface area contributed by atoms with Gasteiger partial charge in [-0.15, -0.1) is 0 Å². The SMILES string of the molecule is COc1ccc(-c2nc3ccccc3c3c2C(=O)N(c2c(C)cccc2C)C3=O)cc1. The van der Waals surface area contributed by atoms with Gasteiger partial charge in [-0.05, 0) is 55.3 Å². The van der Waals surface area contributed by atoms with Gasteiger partial charge < -0.3 is 4.74 Å². The number of hydrogen-bond donors (Lipinski definition) is 0. The van der Waals surface area contributed by atoms with Crippen LogP contribution in [0.25, 0.3) is 22.2 Å². The molecule has 0 aliphatic carbocycles. The first-order valence-corrected chi connectivity index (χ1v) is 10.0. The minimum atomic E-state index is -0.346. The first-order valence-electron chi connectivity index (χ1n) is 10.0. The Morgan fingerprint density at radius 3 is 2.10 bits per heavy atom. The molecule has 0 radical (unpaired) electrons. The van der Waals surface area contributed by atoms with Crippen molar-refractivity contribution in [3.63, 3.8) is 0 Å². The highest BCUT2D eigenvalue weighted by Crippen LogP contribution is 2.40. The van der Waals surface area contributed by atoms with Crippen LogP contribution in [0.5, 0.6) is 5.75 Å². The van der Waals surface area contributed by atoms with Crippen LogP contribution in [-0.4, -0.2) is 23.9 Å². The normalized spacial score (nSPS) is 13.1. The monoisotopic (exact) mass is 408 g/mol. The van der Waals surface area contributed by atoms with Crippen LogP contribution >= 0.6 is 0 Å². The van der Waals surface area contributed by atoms with Gasteiger partial charge in [0.1, 0.15) is 5.75 Å². The molecule has 0 fully saturated rings. The Kier molecular flexibility index (Phi) is 4.33. The number of methoxy groups -OCH3 is 1. The van der Waals surface area contributed by atoms with E-state index < -0.39 is 0 Å². The molecular formula is C26H20N2O3. The summed E-state index contributed by atoms with van der Waals surface area (Å²) in [7, 11) is 1.60. The number of pyridine rings is 1. The lowest BCUT2D eigenvalue weighted by Gasteiger charge is -2.19. The molecule has 3 aromatic carbocycles. The number of para-hydroxylation sites is 2. The Morgan fingerprint density at radius 2 is 1.42 bits per heavy atom. The van der Waals surface area contributed by atoms with E-state index in [9.17, 15) is 9.59 Å². The van der Waals surface area contributed by atoms with E-state index in [1.165, 1.54) is 4.90 Å². The average molecular weight is 408 g/mol. The van der Waals surface area contributed by atoms with Crippen molar-refractivity contribution in [3.8, 4) is 17.0 Å². The topological polar surface area (TPSA) is 59.5 Å². The van der Waals surface area contributed by atoms with Gasteiger partial charge in [-0.3, -0.25) is 9.59 Å². The number of fused-ring (bicyclic) bond motifs is 3. The van der Waals surface area contributed by atoms with Gasteiger partial charge in [0.25, 0.3) is 11.8 Å². The average Bonchev–Trinajstić information content (AvgIpc) is 3.04. The van der Waals surface area contributed by atoms with Crippen LogP contribution in [0, 0.1) is 13.8 Å². The van der Waals surface area contributed by atoms with Crippen molar-refractivity contribution in [2.75, 3.05) is 12.0 Å². The van der Waals surface area contributed by atoms with Crippen LogP contribution in [0.3, 0.4) is 0 Å². The van der Waals surface area contributed by atoms with E-state index in [1.807, 2.05) is 80.6 Å². The minimum absolute atomic E-state index is 0.314. The number of amides is 2. The first kappa shape index (κ1) is 19.0. The number of carbonyl (C=O) groups is 2. The molecule has 0 atom stereocenters. The summed E-state index contributed by atoms with van der Waals surface area (Å²) in [6.07, 6.45) is 0.